The molecule has 0 spiro atoms. The summed E-state index contributed by atoms with van der Waals surface area (Å²) in [4.78, 5) is 24.3. The van der Waals surface area contributed by atoms with Crippen molar-refractivity contribution in [3.8, 4) is 5.75 Å². The number of carbonyl (C=O) groups excluding carboxylic acids is 2. The molecule has 0 aliphatic heterocycles. The molecule has 0 unspecified atom stereocenters. The molecule has 0 saturated heterocycles. The zero-order valence-corrected chi connectivity index (χ0v) is 15.7. The van der Waals surface area contributed by atoms with Gasteiger partial charge in [-0.05, 0) is 73.8 Å². The van der Waals surface area contributed by atoms with E-state index >= 15 is 0 Å². The fraction of sp³-hybridized carbons (Fsp3) is 0.619. The van der Waals surface area contributed by atoms with Crippen LogP contribution in [0, 0.1) is 23.2 Å². The summed E-state index contributed by atoms with van der Waals surface area (Å²) < 4.78 is 34.2. The molecule has 28 heavy (non-hydrogen) atoms. The lowest BCUT2D eigenvalue weighted by atomic mass is 9.49. The normalized spacial score (nSPS) is 30.3. The number of hydrogen-bond donors (Lipinski definition) is 1. The Morgan fingerprint density at radius 1 is 1.07 bits per heavy atom. The van der Waals surface area contributed by atoms with Crippen LogP contribution in [-0.2, 0) is 9.53 Å². The lowest BCUT2D eigenvalue weighted by Gasteiger charge is -2.56. The zero-order chi connectivity index (χ0) is 19.7. The van der Waals surface area contributed by atoms with E-state index in [1.807, 2.05) is 0 Å². The summed E-state index contributed by atoms with van der Waals surface area (Å²) in [5, 5.41) is 2.93. The second kappa shape index (κ2) is 7.68. The summed E-state index contributed by atoms with van der Waals surface area (Å²) in [6.07, 6.45) is 7.55. The highest BCUT2D eigenvalue weighted by Crippen LogP contribution is 2.59. The zero-order valence-electron chi connectivity index (χ0n) is 15.7. The molecule has 0 atom stereocenters. The van der Waals surface area contributed by atoms with Crippen molar-refractivity contribution in [3.63, 3.8) is 0 Å². The number of alkyl halides is 2. The van der Waals surface area contributed by atoms with Gasteiger partial charge < -0.3 is 14.8 Å². The topological polar surface area (TPSA) is 64.6 Å². The van der Waals surface area contributed by atoms with Gasteiger partial charge in [0, 0.05) is 6.54 Å². The number of carbonyl (C=O) groups is 2. The number of esters is 1. The molecule has 0 radical (unpaired) electrons. The third kappa shape index (κ3) is 4.13. The first kappa shape index (κ1) is 19.2. The quantitative estimate of drug-likeness (QED) is 0.716. The largest absolute Gasteiger partial charge is 0.452 e. The highest BCUT2D eigenvalue weighted by molar-refractivity contribution is 5.94. The Bertz CT molecular complexity index is 716. The van der Waals surface area contributed by atoms with Crippen molar-refractivity contribution >= 4 is 11.9 Å². The molecule has 4 aliphatic rings. The minimum absolute atomic E-state index is 0.128. The fourth-order valence-electron chi connectivity index (χ4n) is 5.89. The summed E-state index contributed by atoms with van der Waals surface area (Å²) in [5.74, 6) is 0.904. The first-order valence-corrected chi connectivity index (χ1v) is 9.90. The first-order chi connectivity index (χ1) is 13.4. The van der Waals surface area contributed by atoms with Gasteiger partial charge in [0.15, 0.2) is 6.61 Å². The number of hydrogen-bond acceptors (Lipinski definition) is 4. The Balaban J connectivity index is 1.28. The molecule has 0 heterocycles. The number of amides is 1. The molecule has 0 aromatic heterocycles. The highest BCUT2D eigenvalue weighted by Gasteiger charge is 2.50. The number of para-hydroxylation sites is 1. The van der Waals surface area contributed by atoms with E-state index in [-0.39, 0.29) is 22.6 Å². The van der Waals surface area contributed by atoms with Crippen LogP contribution in [-0.4, -0.2) is 31.6 Å². The predicted molar refractivity (Wildman–Crippen MR) is 97.0 cm³/mol. The third-order valence-corrected chi connectivity index (χ3v) is 6.48. The van der Waals surface area contributed by atoms with Gasteiger partial charge in [-0.3, -0.25) is 4.79 Å². The van der Waals surface area contributed by atoms with Crippen molar-refractivity contribution in [2.24, 2.45) is 23.2 Å². The van der Waals surface area contributed by atoms with Gasteiger partial charge in [0.05, 0.1) is 0 Å². The van der Waals surface area contributed by atoms with Gasteiger partial charge >= 0.3 is 12.6 Å². The van der Waals surface area contributed by atoms with E-state index in [0.29, 0.717) is 6.54 Å². The maximum Gasteiger partial charge on any atom is 0.387 e. The molecule has 1 aromatic rings. The summed E-state index contributed by atoms with van der Waals surface area (Å²) >= 11 is 0. The van der Waals surface area contributed by atoms with E-state index in [0.717, 1.165) is 17.8 Å². The molecule has 1 amide bonds. The molecule has 7 heteroatoms. The Hall–Kier alpha value is -2.18. The average Bonchev–Trinajstić information content (AvgIpc) is 2.63. The predicted octanol–water partition coefficient (Wildman–Crippen LogP) is 3.78. The Kier molecular flexibility index (Phi) is 5.25. The molecular weight excluding hydrogens is 368 g/mol. The minimum Gasteiger partial charge on any atom is -0.452 e. The monoisotopic (exact) mass is 393 g/mol. The van der Waals surface area contributed by atoms with Crippen LogP contribution in [0.15, 0.2) is 24.3 Å². The fourth-order valence-corrected chi connectivity index (χ4v) is 5.89. The van der Waals surface area contributed by atoms with Gasteiger partial charge in [-0.25, -0.2) is 4.79 Å². The maximum atomic E-state index is 12.4. The Morgan fingerprint density at radius 2 is 1.68 bits per heavy atom. The molecule has 4 bridgehead atoms. The molecule has 5 rings (SSSR count). The summed E-state index contributed by atoms with van der Waals surface area (Å²) in [7, 11) is 0. The number of nitrogens with one attached hydrogen (secondary N) is 1. The Morgan fingerprint density at radius 3 is 2.29 bits per heavy atom. The van der Waals surface area contributed by atoms with Crippen LogP contribution >= 0.6 is 0 Å². The lowest BCUT2D eigenvalue weighted by molar-refractivity contribution is -0.126. The van der Waals surface area contributed by atoms with Gasteiger partial charge in [0.2, 0.25) is 0 Å². The average molecular weight is 393 g/mol. The second-order valence-electron chi connectivity index (χ2n) is 8.65. The van der Waals surface area contributed by atoms with Gasteiger partial charge in [-0.15, -0.1) is 0 Å². The Labute approximate surface area is 162 Å². The van der Waals surface area contributed by atoms with Crippen LogP contribution in [0.2, 0.25) is 0 Å². The standard InChI is InChI=1S/C21H25F2NO4/c22-20(23)28-17-4-2-1-3-16(17)19(26)27-11-18(25)24-12-21-8-13-5-14(9-21)7-15(6-13)10-21/h1-4,13-15,20H,5-12H2,(H,24,25). The van der Waals surface area contributed by atoms with Crippen molar-refractivity contribution in [3.05, 3.63) is 29.8 Å². The molecule has 152 valence electrons. The molecule has 4 saturated carbocycles. The molecular formula is C21H25F2NO4. The van der Waals surface area contributed by atoms with Crippen LogP contribution in [0.4, 0.5) is 8.78 Å². The van der Waals surface area contributed by atoms with E-state index in [4.69, 9.17) is 4.74 Å². The molecule has 1 N–H and O–H groups in total. The summed E-state index contributed by atoms with van der Waals surface area (Å²) in [5.41, 5.74) is 0.0724. The van der Waals surface area contributed by atoms with E-state index in [1.54, 1.807) is 0 Å². The smallest absolute Gasteiger partial charge is 0.387 e. The van der Waals surface area contributed by atoms with Crippen LogP contribution in [0.3, 0.4) is 0 Å². The van der Waals surface area contributed by atoms with Gasteiger partial charge in [0.25, 0.3) is 5.91 Å². The van der Waals surface area contributed by atoms with Crippen molar-refractivity contribution in [2.75, 3.05) is 13.2 Å². The van der Waals surface area contributed by atoms with Gasteiger partial charge in [0.1, 0.15) is 11.3 Å². The van der Waals surface area contributed by atoms with Crippen LogP contribution in [0.1, 0.15) is 48.9 Å². The number of rotatable bonds is 7. The van der Waals surface area contributed by atoms with E-state index in [9.17, 15) is 18.4 Å². The van der Waals surface area contributed by atoms with E-state index in [2.05, 4.69) is 10.1 Å². The second-order valence-corrected chi connectivity index (χ2v) is 8.65. The van der Waals surface area contributed by atoms with E-state index in [1.165, 1.54) is 62.8 Å². The first-order valence-electron chi connectivity index (χ1n) is 9.90. The molecule has 1 aromatic carbocycles. The molecule has 4 fully saturated rings. The maximum absolute atomic E-state index is 12.4. The SMILES string of the molecule is O=C(COC(=O)c1ccccc1OC(F)F)NCC12CC3CC(CC(C3)C1)C2. The minimum atomic E-state index is -3.04. The lowest BCUT2D eigenvalue weighted by Crippen LogP contribution is -2.51. The van der Waals surface area contributed by atoms with Crippen molar-refractivity contribution in [1.29, 1.82) is 0 Å². The van der Waals surface area contributed by atoms with Crippen LogP contribution in [0.5, 0.6) is 5.75 Å². The number of ether oxygens (including phenoxy) is 2. The van der Waals surface area contributed by atoms with Crippen molar-refractivity contribution < 1.29 is 27.8 Å². The molecule has 4 aliphatic carbocycles. The van der Waals surface area contributed by atoms with Crippen LogP contribution in [0.25, 0.3) is 0 Å². The molecule has 5 nitrogen and oxygen atoms in total. The van der Waals surface area contributed by atoms with E-state index < -0.39 is 19.2 Å². The van der Waals surface area contributed by atoms with Crippen molar-refractivity contribution in [2.45, 2.75) is 45.1 Å². The summed E-state index contributed by atoms with van der Waals surface area (Å²) in [6, 6.07) is 5.58. The summed E-state index contributed by atoms with van der Waals surface area (Å²) in [6.45, 7) is -2.86. The van der Waals surface area contributed by atoms with Gasteiger partial charge in [-0.1, -0.05) is 12.1 Å². The highest BCUT2D eigenvalue weighted by atomic mass is 19.3. The van der Waals surface area contributed by atoms with Gasteiger partial charge in [-0.2, -0.15) is 8.78 Å². The number of benzene rings is 1. The van der Waals surface area contributed by atoms with Crippen LogP contribution < -0.4 is 10.1 Å². The third-order valence-electron chi connectivity index (χ3n) is 6.48. The number of halogens is 2. The van der Waals surface area contributed by atoms with Crippen molar-refractivity contribution in [1.82, 2.24) is 5.32 Å².